The lowest BCUT2D eigenvalue weighted by Crippen LogP contribution is -2.29. The molecule has 3 aromatic rings. The Morgan fingerprint density at radius 1 is 1.29 bits per heavy atom. The van der Waals surface area contributed by atoms with Gasteiger partial charge in [0.2, 0.25) is 0 Å². The summed E-state index contributed by atoms with van der Waals surface area (Å²) in [5.41, 5.74) is 0.873. The molecule has 0 radical (unpaired) electrons. The van der Waals surface area contributed by atoms with Gasteiger partial charge in [-0.3, -0.25) is 5.32 Å². The van der Waals surface area contributed by atoms with E-state index in [-0.39, 0.29) is 6.03 Å². The number of anilines is 1. The minimum absolute atomic E-state index is 0.265. The number of nitrogens with one attached hydrogen (secondary N) is 4. The Bertz CT molecular complexity index is 856. The zero-order valence-electron chi connectivity index (χ0n) is 12.7. The lowest BCUT2D eigenvalue weighted by molar-refractivity contribution is 0.252. The van der Waals surface area contributed by atoms with E-state index < -0.39 is 0 Å². The van der Waals surface area contributed by atoms with E-state index in [1.165, 1.54) is 11.3 Å². The third-order valence-corrected chi connectivity index (χ3v) is 4.42. The van der Waals surface area contributed by atoms with Crippen LogP contribution in [0.2, 0.25) is 0 Å². The van der Waals surface area contributed by atoms with Gasteiger partial charge in [-0.05, 0) is 37.2 Å². The zero-order chi connectivity index (χ0) is 16.8. The Morgan fingerprint density at radius 2 is 2.21 bits per heavy atom. The summed E-state index contributed by atoms with van der Waals surface area (Å²) in [5, 5.41) is 19.2. The van der Waals surface area contributed by atoms with Gasteiger partial charge in [-0.25, -0.2) is 9.78 Å². The summed E-state index contributed by atoms with van der Waals surface area (Å²) in [7, 11) is 0. The van der Waals surface area contributed by atoms with Gasteiger partial charge in [0, 0.05) is 13.0 Å². The predicted octanol–water partition coefficient (Wildman–Crippen LogP) is 2.40. The van der Waals surface area contributed by atoms with Crippen LogP contribution >= 0.6 is 23.6 Å². The van der Waals surface area contributed by atoms with Crippen molar-refractivity contribution in [2.75, 3.05) is 11.9 Å². The Morgan fingerprint density at radius 3 is 3.04 bits per heavy atom. The molecule has 0 saturated heterocycles. The topological polar surface area (TPSA) is 124 Å². The summed E-state index contributed by atoms with van der Waals surface area (Å²) < 4.78 is 0.667. The molecule has 0 unspecified atom stereocenters. The minimum Gasteiger partial charge on any atom is -0.338 e. The molecule has 126 valence electrons. The Hall–Kier alpha value is -2.40. The van der Waals surface area contributed by atoms with Crippen molar-refractivity contribution in [3.05, 3.63) is 21.9 Å². The molecule has 0 fully saturated rings. The second-order valence-electron chi connectivity index (χ2n) is 5.08. The average molecular weight is 364 g/mol. The number of pyridine rings is 1. The molecule has 0 aromatic carbocycles. The highest BCUT2D eigenvalue weighted by Crippen LogP contribution is 2.19. The van der Waals surface area contributed by atoms with Crippen LogP contribution in [-0.4, -0.2) is 43.2 Å². The molecule has 0 aliphatic heterocycles. The molecule has 0 bridgehead atoms. The molecule has 0 spiro atoms. The maximum absolute atomic E-state index is 11.9. The van der Waals surface area contributed by atoms with Gasteiger partial charge in [0.15, 0.2) is 9.78 Å². The second-order valence-corrected chi connectivity index (χ2v) is 6.75. The summed E-state index contributed by atoms with van der Waals surface area (Å²) in [5.74, 6) is 1.22. The summed E-state index contributed by atoms with van der Waals surface area (Å²) in [6, 6.07) is 3.33. The SMILES string of the molecule is O=C(NCCCCCc1nn[nH]n1)Nc1ccc2[nH]c(=S)sc2n1. The number of tetrazole rings is 1. The van der Waals surface area contributed by atoms with E-state index >= 15 is 0 Å². The van der Waals surface area contributed by atoms with Gasteiger partial charge in [0.25, 0.3) is 0 Å². The van der Waals surface area contributed by atoms with Crippen LogP contribution in [0, 0.1) is 3.95 Å². The third kappa shape index (κ3) is 4.55. The lowest BCUT2D eigenvalue weighted by atomic mass is 10.2. The number of hydrogen-bond donors (Lipinski definition) is 4. The first-order valence-corrected chi connectivity index (χ1v) is 8.70. The second kappa shape index (κ2) is 7.93. The van der Waals surface area contributed by atoms with Gasteiger partial charge in [0.1, 0.15) is 10.6 Å². The molecular formula is C13H16N8OS2. The number of hydrogen-bond acceptors (Lipinski definition) is 7. The summed E-state index contributed by atoms with van der Waals surface area (Å²) in [6.45, 7) is 0.601. The van der Waals surface area contributed by atoms with E-state index in [9.17, 15) is 4.79 Å². The summed E-state index contributed by atoms with van der Waals surface area (Å²) in [4.78, 5) is 20.0. The van der Waals surface area contributed by atoms with E-state index in [2.05, 4.69) is 41.2 Å². The molecule has 3 aromatic heterocycles. The Labute approximate surface area is 146 Å². The number of aryl methyl sites for hydroxylation is 1. The molecule has 0 aliphatic rings. The predicted molar refractivity (Wildman–Crippen MR) is 93.6 cm³/mol. The van der Waals surface area contributed by atoms with Crippen molar-refractivity contribution >= 4 is 45.8 Å². The fourth-order valence-corrected chi connectivity index (χ4v) is 3.20. The number of aromatic nitrogens is 6. The first-order chi connectivity index (χ1) is 11.7. The first-order valence-electron chi connectivity index (χ1n) is 7.48. The normalized spacial score (nSPS) is 10.8. The van der Waals surface area contributed by atoms with Gasteiger partial charge < -0.3 is 10.3 Å². The standard InChI is InChI=1S/C13H16N8OS2/c22-12(14-7-3-1-2-4-10-18-20-21-19-10)17-9-6-5-8-11(16-9)24-13(23)15-8/h5-6H,1-4,7H2,(H,15,23)(H2,14,16,17,22)(H,18,19,20,21). The van der Waals surface area contributed by atoms with Crippen LogP contribution in [-0.2, 0) is 6.42 Å². The van der Waals surface area contributed by atoms with Crippen molar-refractivity contribution in [2.24, 2.45) is 0 Å². The quantitative estimate of drug-likeness (QED) is 0.377. The van der Waals surface area contributed by atoms with Crippen LogP contribution in [0.4, 0.5) is 10.6 Å². The number of H-pyrrole nitrogens is 2. The van der Waals surface area contributed by atoms with E-state index in [0.717, 1.165) is 41.9 Å². The maximum atomic E-state index is 11.9. The molecule has 0 atom stereocenters. The number of urea groups is 1. The van der Waals surface area contributed by atoms with Crippen LogP contribution in [0.25, 0.3) is 10.3 Å². The monoisotopic (exact) mass is 364 g/mol. The number of fused-ring (bicyclic) bond motifs is 1. The molecule has 24 heavy (non-hydrogen) atoms. The lowest BCUT2D eigenvalue weighted by Gasteiger charge is -2.06. The Balaban J connectivity index is 1.36. The van der Waals surface area contributed by atoms with Gasteiger partial charge in [0.05, 0.1) is 5.52 Å². The maximum Gasteiger partial charge on any atom is 0.320 e. The van der Waals surface area contributed by atoms with Crippen molar-refractivity contribution in [3.8, 4) is 0 Å². The number of aromatic amines is 2. The minimum atomic E-state index is -0.265. The van der Waals surface area contributed by atoms with Crippen LogP contribution in [0.5, 0.6) is 0 Å². The number of thiazole rings is 1. The van der Waals surface area contributed by atoms with Crippen molar-refractivity contribution < 1.29 is 4.79 Å². The van der Waals surface area contributed by atoms with Crippen LogP contribution in [0.15, 0.2) is 12.1 Å². The van der Waals surface area contributed by atoms with E-state index in [1.807, 2.05) is 6.07 Å². The van der Waals surface area contributed by atoms with Gasteiger partial charge >= 0.3 is 6.03 Å². The largest absolute Gasteiger partial charge is 0.338 e. The molecule has 2 amide bonds. The summed E-state index contributed by atoms with van der Waals surface area (Å²) >= 11 is 6.45. The number of carbonyl (C=O) groups excluding carboxylic acids is 1. The molecule has 11 heteroatoms. The molecule has 3 heterocycles. The average Bonchev–Trinajstić information content (AvgIpc) is 3.18. The van der Waals surface area contributed by atoms with Gasteiger partial charge in [-0.1, -0.05) is 23.0 Å². The number of nitrogens with zero attached hydrogens (tertiary/aromatic N) is 4. The van der Waals surface area contributed by atoms with Gasteiger partial charge in [-0.15, -0.1) is 10.2 Å². The van der Waals surface area contributed by atoms with E-state index in [1.54, 1.807) is 6.07 Å². The van der Waals surface area contributed by atoms with E-state index in [4.69, 9.17) is 12.2 Å². The molecule has 3 rings (SSSR count). The highest BCUT2D eigenvalue weighted by Gasteiger charge is 2.05. The van der Waals surface area contributed by atoms with Gasteiger partial charge in [-0.2, -0.15) is 5.21 Å². The number of amides is 2. The molecular weight excluding hydrogens is 348 g/mol. The first kappa shape index (κ1) is 16.5. The molecule has 9 nitrogen and oxygen atoms in total. The number of rotatable bonds is 7. The Kier molecular flexibility index (Phi) is 5.43. The van der Waals surface area contributed by atoms with Crippen molar-refractivity contribution in [1.82, 2.24) is 35.9 Å². The number of unbranched alkanes of at least 4 members (excludes halogenated alkanes) is 2. The fourth-order valence-electron chi connectivity index (χ4n) is 2.14. The van der Waals surface area contributed by atoms with Crippen LogP contribution < -0.4 is 10.6 Å². The van der Waals surface area contributed by atoms with E-state index in [0.29, 0.717) is 16.3 Å². The molecule has 0 aliphatic carbocycles. The smallest absolute Gasteiger partial charge is 0.320 e. The zero-order valence-corrected chi connectivity index (χ0v) is 14.3. The van der Waals surface area contributed by atoms with Crippen molar-refractivity contribution in [3.63, 3.8) is 0 Å². The van der Waals surface area contributed by atoms with Crippen molar-refractivity contribution in [2.45, 2.75) is 25.7 Å². The van der Waals surface area contributed by atoms with Crippen LogP contribution in [0.3, 0.4) is 0 Å². The molecule has 0 saturated carbocycles. The summed E-state index contributed by atoms with van der Waals surface area (Å²) in [6.07, 6.45) is 3.61. The number of carbonyl (C=O) groups is 1. The molecule has 4 N–H and O–H groups in total. The highest BCUT2D eigenvalue weighted by atomic mass is 32.1. The highest BCUT2D eigenvalue weighted by molar-refractivity contribution is 7.73. The third-order valence-electron chi connectivity index (χ3n) is 3.28. The van der Waals surface area contributed by atoms with Crippen molar-refractivity contribution in [1.29, 1.82) is 0 Å². The van der Waals surface area contributed by atoms with Crippen LogP contribution in [0.1, 0.15) is 25.1 Å². The fraction of sp³-hybridized carbons (Fsp3) is 0.385.